The molecule has 1 amide bonds. The molecule has 0 aliphatic carbocycles. The quantitative estimate of drug-likeness (QED) is 0.568. The summed E-state index contributed by atoms with van der Waals surface area (Å²) in [7, 11) is 0. The van der Waals surface area contributed by atoms with Crippen LogP contribution in [0.1, 0.15) is 32.9 Å². The van der Waals surface area contributed by atoms with Crippen molar-refractivity contribution in [2.45, 2.75) is 12.5 Å². The molecule has 8 heteroatoms. The Bertz CT molecular complexity index is 1020. The lowest BCUT2D eigenvalue weighted by molar-refractivity contribution is 0.0678. The summed E-state index contributed by atoms with van der Waals surface area (Å²) >= 11 is 1.21. The molecule has 0 bridgehead atoms. The van der Waals surface area contributed by atoms with E-state index in [1.807, 2.05) is 35.2 Å². The lowest BCUT2D eigenvalue weighted by Crippen LogP contribution is -2.40. The molecule has 0 unspecified atom stereocenters. The van der Waals surface area contributed by atoms with Crippen LogP contribution in [0.3, 0.4) is 0 Å². The van der Waals surface area contributed by atoms with E-state index < -0.39 is 0 Å². The van der Waals surface area contributed by atoms with Crippen LogP contribution in [0.5, 0.6) is 0 Å². The number of nitrogens with zero attached hydrogens (tertiary/aromatic N) is 3. The fourth-order valence-electron chi connectivity index (χ4n) is 3.39. The van der Waals surface area contributed by atoms with Crippen molar-refractivity contribution < 1.29 is 9.21 Å². The highest BCUT2D eigenvalue weighted by atomic mass is 35.5. The maximum atomic E-state index is 13.0. The van der Waals surface area contributed by atoms with Gasteiger partial charge in [-0.25, -0.2) is 9.36 Å². The Balaban J connectivity index is 0.00000168. The van der Waals surface area contributed by atoms with E-state index in [9.17, 15) is 4.79 Å². The molecule has 1 atom stereocenters. The molecule has 0 spiro atoms. The summed E-state index contributed by atoms with van der Waals surface area (Å²) in [5, 5.41) is 1.02. The van der Waals surface area contributed by atoms with Crippen molar-refractivity contribution >= 4 is 40.8 Å². The van der Waals surface area contributed by atoms with Gasteiger partial charge in [0.2, 0.25) is 0 Å². The number of carbonyl (C=O) groups is 1. The van der Waals surface area contributed by atoms with Gasteiger partial charge in [0.05, 0.1) is 12.0 Å². The highest BCUT2D eigenvalue weighted by molar-refractivity contribution is 7.08. The van der Waals surface area contributed by atoms with Crippen LogP contribution in [0.4, 0.5) is 0 Å². The van der Waals surface area contributed by atoms with Crippen molar-refractivity contribution in [1.82, 2.24) is 19.2 Å². The van der Waals surface area contributed by atoms with Gasteiger partial charge in [0.1, 0.15) is 22.3 Å². The number of imidazole rings is 1. The van der Waals surface area contributed by atoms with Crippen molar-refractivity contribution in [3.63, 3.8) is 0 Å². The van der Waals surface area contributed by atoms with E-state index in [2.05, 4.69) is 14.3 Å². The largest absolute Gasteiger partial charge is 0.458 e. The number of hydrogen-bond donors (Lipinski definition) is 1. The number of nitrogens with one attached hydrogen (secondary N) is 1. The van der Waals surface area contributed by atoms with Gasteiger partial charge in [0.25, 0.3) is 5.91 Å². The maximum Gasteiger partial charge on any atom is 0.266 e. The monoisotopic (exact) mass is 386 g/mol. The van der Waals surface area contributed by atoms with Crippen LogP contribution in [0, 0.1) is 0 Å². The number of hydrogen-bond acceptors (Lipinski definition) is 5. The molecule has 3 aromatic heterocycles. The third kappa shape index (κ3) is 2.60. The first kappa shape index (κ1) is 16.8. The van der Waals surface area contributed by atoms with Gasteiger partial charge in [0, 0.05) is 30.2 Å². The summed E-state index contributed by atoms with van der Waals surface area (Å²) in [6, 6.07) is 11.3. The van der Waals surface area contributed by atoms with E-state index in [1.165, 1.54) is 11.5 Å². The first-order chi connectivity index (χ1) is 12.3. The lowest BCUT2D eigenvalue weighted by Gasteiger charge is -2.33. The first-order valence-electron chi connectivity index (χ1n) is 8.03. The number of rotatable bonds is 2. The summed E-state index contributed by atoms with van der Waals surface area (Å²) in [5.41, 5.74) is 2.72. The van der Waals surface area contributed by atoms with E-state index in [-0.39, 0.29) is 24.4 Å². The predicted molar refractivity (Wildman–Crippen MR) is 101 cm³/mol. The zero-order chi connectivity index (χ0) is 16.8. The molecule has 4 aromatic rings. The van der Waals surface area contributed by atoms with Crippen LogP contribution in [0.25, 0.3) is 11.0 Å². The SMILES string of the molecule is Cl.O=C(c1ccns1)N1CCc2[nH]cnc2[C@H]1c1cc2ccccc2o1. The molecule has 0 radical (unpaired) electrons. The molecule has 0 fully saturated rings. The predicted octanol–water partition coefficient (Wildman–Crippen LogP) is 3.82. The molecule has 6 nitrogen and oxygen atoms in total. The Morgan fingerprint density at radius 2 is 2.19 bits per heavy atom. The molecule has 0 saturated carbocycles. The third-order valence-electron chi connectivity index (χ3n) is 4.55. The van der Waals surface area contributed by atoms with Crippen LogP contribution in [-0.4, -0.2) is 31.7 Å². The number of halogens is 1. The van der Waals surface area contributed by atoms with Crippen LogP contribution < -0.4 is 0 Å². The molecule has 1 aliphatic rings. The Kier molecular flexibility index (Phi) is 4.26. The van der Waals surface area contributed by atoms with Gasteiger partial charge in [-0.3, -0.25) is 4.79 Å². The van der Waals surface area contributed by atoms with Gasteiger partial charge in [-0.1, -0.05) is 18.2 Å². The van der Waals surface area contributed by atoms with E-state index >= 15 is 0 Å². The topological polar surface area (TPSA) is 75.0 Å². The molecule has 0 saturated heterocycles. The molecule has 1 N–H and O–H groups in total. The standard InChI is InChI=1S/C18H14N4O2S.ClH/c23-18(15-5-7-21-25-15)22-8-6-12-16(20-10-19-12)17(22)14-9-11-3-1-2-4-13(11)24-14;/h1-5,7,9-10,17H,6,8H2,(H,19,20);1H/t17-;/m1./s1. The van der Waals surface area contributed by atoms with Gasteiger partial charge in [0.15, 0.2) is 0 Å². The minimum absolute atomic E-state index is 0. The second-order valence-electron chi connectivity index (χ2n) is 5.98. The second-order valence-corrected chi connectivity index (χ2v) is 6.81. The number of aromatic nitrogens is 3. The molecule has 1 aromatic carbocycles. The fourth-order valence-corrected chi connectivity index (χ4v) is 3.94. The van der Waals surface area contributed by atoms with Crippen LogP contribution in [-0.2, 0) is 6.42 Å². The smallest absolute Gasteiger partial charge is 0.266 e. The Labute approximate surface area is 159 Å². The summed E-state index contributed by atoms with van der Waals surface area (Å²) in [5.74, 6) is 0.689. The Hall–Kier alpha value is -2.64. The van der Waals surface area contributed by atoms with E-state index in [4.69, 9.17) is 4.42 Å². The lowest BCUT2D eigenvalue weighted by atomic mass is 10.00. The fraction of sp³-hybridized carbons (Fsp3) is 0.167. The Morgan fingerprint density at radius 3 is 3.00 bits per heavy atom. The van der Waals surface area contributed by atoms with Crippen molar-refractivity contribution in [3.05, 3.63) is 70.9 Å². The van der Waals surface area contributed by atoms with Gasteiger partial charge in [-0.2, -0.15) is 0 Å². The van der Waals surface area contributed by atoms with Crippen LogP contribution in [0.15, 0.2) is 53.3 Å². The summed E-state index contributed by atoms with van der Waals surface area (Å²) < 4.78 is 10.1. The van der Waals surface area contributed by atoms with Crippen molar-refractivity contribution in [2.24, 2.45) is 0 Å². The minimum Gasteiger partial charge on any atom is -0.458 e. The molecular weight excluding hydrogens is 372 g/mol. The molecule has 5 rings (SSSR count). The van der Waals surface area contributed by atoms with E-state index in [1.54, 1.807) is 18.6 Å². The number of benzene rings is 1. The summed E-state index contributed by atoms with van der Waals surface area (Å²) in [6.45, 7) is 0.605. The van der Waals surface area contributed by atoms with Gasteiger partial charge in [-0.15, -0.1) is 12.4 Å². The Morgan fingerprint density at radius 1 is 1.31 bits per heavy atom. The first-order valence-corrected chi connectivity index (χ1v) is 8.81. The van der Waals surface area contributed by atoms with Gasteiger partial charge in [-0.05, 0) is 29.7 Å². The highest BCUT2D eigenvalue weighted by Crippen LogP contribution is 2.37. The van der Waals surface area contributed by atoms with Gasteiger partial charge < -0.3 is 14.3 Å². The average Bonchev–Trinajstić information content (AvgIpc) is 3.39. The van der Waals surface area contributed by atoms with Crippen molar-refractivity contribution in [1.29, 1.82) is 0 Å². The van der Waals surface area contributed by atoms with Crippen LogP contribution in [0.2, 0.25) is 0 Å². The molecule has 132 valence electrons. The second kappa shape index (κ2) is 6.59. The number of aromatic amines is 1. The number of carbonyl (C=O) groups excluding carboxylic acids is 1. The van der Waals surface area contributed by atoms with E-state index in [0.29, 0.717) is 11.4 Å². The van der Waals surface area contributed by atoms with Crippen LogP contribution >= 0.6 is 23.9 Å². The number of H-pyrrole nitrogens is 1. The zero-order valence-electron chi connectivity index (χ0n) is 13.6. The zero-order valence-corrected chi connectivity index (χ0v) is 15.2. The summed E-state index contributed by atoms with van der Waals surface area (Å²) in [6.07, 6.45) is 4.08. The summed E-state index contributed by atoms with van der Waals surface area (Å²) in [4.78, 5) is 23.1. The van der Waals surface area contributed by atoms with Gasteiger partial charge >= 0.3 is 0 Å². The number of para-hydroxylation sites is 1. The number of amides is 1. The van der Waals surface area contributed by atoms with Crippen molar-refractivity contribution in [3.8, 4) is 0 Å². The number of furan rings is 1. The maximum absolute atomic E-state index is 13.0. The molecule has 4 heterocycles. The number of fused-ring (bicyclic) bond motifs is 2. The van der Waals surface area contributed by atoms with E-state index in [0.717, 1.165) is 34.5 Å². The molecular formula is C18H15ClN4O2S. The normalized spacial score (nSPS) is 16.3. The van der Waals surface area contributed by atoms with Crippen molar-refractivity contribution in [2.75, 3.05) is 6.54 Å². The molecule has 26 heavy (non-hydrogen) atoms. The average molecular weight is 387 g/mol. The highest BCUT2D eigenvalue weighted by Gasteiger charge is 2.37. The third-order valence-corrected chi connectivity index (χ3v) is 5.28. The molecule has 1 aliphatic heterocycles. The minimum atomic E-state index is -0.336.